The summed E-state index contributed by atoms with van der Waals surface area (Å²) in [6.45, 7) is 4.81. The van der Waals surface area contributed by atoms with Crippen LogP contribution in [0.25, 0.3) is 0 Å². The summed E-state index contributed by atoms with van der Waals surface area (Å²) in [5.41, 5.74) is 1.90. The van der Waals surface area contributed by atoms with Crippen LogP contribution >= 0.6 is 0 Å². The molecule has 4 nitrogen and oxygen atoms in total. The minimum atomic E-state index is -0.192. The Labute approximate surface area is 186 Å². The molecule has 0 spiro atoms. The number of likely N-dealkylation sites (tertiary alicyclic amines) is 1. The number of halogens is 1. The van der Waals surface area contributed by atoms with Crippen molar-refractivity contribution < 1.29 is 9.13 Å². The first-order valence-corrected chi connectivity index (χ1v) is 11.9. The first-order chi connectivity index (χ1) is 15.2. The lowest BCUT2D eigenvalue weighted by Gasteiger charge is -2.41. The molecule has 1 saturated heterocycles. The number of methoxy groups -OCH3 is 1. The van der Waals surface area contributed by atoms with Gasteiger partial charge >= 0.3 is 0 Å². The number of nitrogens with zero attached hydrogens (tertiary/aromatic N) is 3. The molecule has 1 aromatic carbocycles. The SMILES string of the molecule is COc1ccc(CN(Cc2cccnc2)C[C@@H]2CCCN(C3CCCCC3)C2)c(F)c1. The fraction of sp³-hybridized carbons (Fsp3) is 0.577. The van der Waals surface area contributed by atoms with E-state index in [1.54, 1.807) is 13.3 Å². The zero-order valence-electron chi connectivity index (χ0n) is 18.8. The fourth-order valence-electron chi connectivity index (χ4n) is 5.35. The van der Waals surface area contributed by atoms with Crippen molar-refractivity contribution >= 4 is 0 Å². The standard InChI is InChI=1S/C26H36FN3O/c1-31-25-12-11-23(26(27)15-25)20-29(17-21-7-5-13-28-16-21)18-22-8-6-14-30(19-22)24-9-3-2-4-10-24/h5,7,11-13,15-16,22,24H,2-4,6,8-10,14,17-20H2,1H3/t22-/m0/s1. The van der Waals surface area contributed by atoms with Crippen LogP contribution in [0, 0.1) is 11.7 Å². The molecule has 168 valence electrons. The molecule has 4 rings (SSSR count). The van der Waals surface area contributed by atoms with Gasteiger partial charge in [-0.05, 0) is 55.8 Å². The molecule has 5 heteroatoms. The maximum atomic E-state index is 14.7. The van der Waals surface area contributed by atoms with Crippen LogP contribution in [0.1, 0.15) is 56.1 Å². The summed E-state index contributed by atoms with van der Waals surface area (Å²) < 4.78 is 19.9. The van der Waals surface area contributed by atoms with E-state index in [0.29, 0.717) is 18.2 Å². The zero-order chi connectivity index (χ0) is 21.5. The number of pyridine rings is 1. The quantitative estimate of drug-likeness (QED) is 0.576. The van der Waals surface area contributed by atoms with Gasteiger partial charge in [-0.1, -0.05) is 31.4 Å². The van der Waals surface area contributed by atoms with Crippen LogP contribution < -0.4 is 4.74 Å². The Hall–Kier alpha value is -1.98. The third-order valence-corrected chi connectivity index (χ3v) is 6.94. The molecule has 1 atom stereocenters. The molecule has 2 aliphatic rings. The Bertz CT molecular complexity index is 810. The average Bonchev–Trinajstić information content (AvgIpc) is 2.82. The molecule has 2 aromatic rings. The Kier molecular flexibility index (Phi) is 7.92. The zero-order valence-corrected chi connectivity index (χ0v) is 18.8. The van der Waals surface area contributed by atoms with Crippen LogP contribution in [0.15, 0.2) is 42.7 Å². The summed E-state index contributed by atoms with van der Waals surface area (Å²) in [4.78, 5) is 9.43. The lowest BCUT2D eigenvalue weighted by molar-refractivity contribution is 0.0769. The fourth-order valence-corrected chi connectivity index (χ4v) is 5.35. The number of hydrogen-bond acceptors (Lipinski definition) is 4. The molecule has 1 aliphatic heterocycles. The lowest BCUT2D eigenvalue weighted by Crippen LogP contribution is -2.46. The number of rotatable bonds is 8. The van der Waals surface area contributed by atoms with Gasteiger partial charge in [-0.15, -0.1) is 0 Å². The van der Waals surface area contributed by atoms with E-state index in [9.17, 15) is 4.39 Å². The van der Waals surface area contributed by atoms with E-state index in [0.717, 1.165) is 24.7 Å². The second kappa shape index (κ2) is 11.1. The Balaban J connectivity index is 1.44. The Morgan fingerprint density at radius 3 is 2.71 bits per heavy atom. The van der Waals surface area contributed by atoms with E-state index in [4.69, 9.17) is 4.74 Å². The summed E-state index contributed by atoms with van der Waals surface area (Å²) in [6, 6.07) is 10.1. The van der Waals surface area contributed by atoms with E-state index < -0.39 is 0 Å². The van der Waals surface area contributed by atoms with Crippen LogP contribution in [0.4, 0.5) is 4.39 Å². The molecule has 0 unspecified atom stereocenters. The second-order valence-corrected chi connectivity index (χ2v) is 9.28. The van der Waals surface area contributed by atoms with Gasteiger partial charge in [-0.2, -0.15) is 0 Å². The summed E-state index contributed by atoms with van der Waals surface area (Å²) in [6.07, 6.45) is 13.2. The predicted octanol–water partition coefficient (Wildman–Crippen LogP) is 5.28. The van der Waals surface area contributed by atoms with Crippen molar-refractivity contribution in [1.82, 2.24) is 14.8 Å². The summed E-state index contributed by atoms with van der Waals surface area (Å²) in [7, 11) is 1.57. The monoisotopic (exact) mass is 425 g/mol. The number of piperidine rings is 1. The van der Waals surface area contributed by atoms with Gasteiger partial charge in [0, 0.05) is 56.2 Å². The number of benzene rings is 1. The highest BCUT2D eigenvalue weighted by Crippen LogP contribution is 2.28. The van der Waals surface area contributed by atoms with Crippen molar-refractivity contribution in [3.63, 3.8) is 0 Å². The Morgan fingerprint density at radius 2 is 1.97 bits per heavy atom. The van der Waals surface area contributed by atoms with Crippen molar-refractivity contribution in [3.8, 4) is 5.75 Å². The van der Waals surface area contributed by atoms with Crippen LogP contribution in [0.2, 0.25) is 0 Å². The third kappa shape index (κ3) is 6.27. The normalized spacial score (nSPS) is 20.8. The average molecular weight is 426 g/mol. The summed E-state index contributed by atoms with van der Waals surface area (Å²) in [5, 5.41) is 0. The van der Waals surface area contributed by atoms with Crippen molar-refractivity contribution in [2.24, 2.45) is 5.92 Å². The lowest BCUT2D eigenvalue weighted by atomic mass is 9.90. The van der Waals surface area contributed by atoms with Gasteiger partial charge in [0.2, 0.25) is 0 Å². The molecule has 1 aliphatic carbocycles. The molecule has 1 aromatic heterocycles. The number of hydrogen-bond donors (Lipinski definition) is 0. The summed E-state index contributed by atoms with van der Waals surface area (Å²) >= 11 is 0. The molecule has 0 radical (unpaired) electrons. The van der Waals surface area contributed by atoms with Gasteiger partial charge in [0.15, 0.2) is 0 Å². The minimum absolute atomic E-state index is 0.192. The topological polar surface area (TPSA) is 28.6 Å². The van der Waals surface area contributed by atoms with Crippen molar-refractivity contribution in [3.05, 3.63) is 59.7 Å². The van der Waals surface area contributed by atoms with Gasteiger partial charge in [-0.25, -0.2) is 4.39 Å². The van der Waals surface area contributed by atoms with Crippen molar-refractivity contribution in [2.45, 2.75) is 64.1 Å². The van der Waals surface area contributed by atoms with Gasteiger partial charge in [0.1, 0.15) is 11.6 Å². The van der Waals surface area contributed by atoms with Crippen LogP contribution in [-0.4, -0.2) is 47.6 Å². The number of aromatic nitrogens is 1. The molecule has 0 bridgehead atoms. The molecule has 0 amide bonds. The molecular weight excluding hydrogens is 389 g/mol. The van der Waals surface area contributed by atoms with Gasteiger partial charge < -0.3 is 9.64 Å². The van der Waals surface area contributed by atoms with Crippen LogP contribution in [0.5, 0.6) is 5.75 Å². The second-order valence-electron chi connectivity index (χ2n) is 9.28. The number of ether oxygens (including phenoxy) is 1. The van der Waals surface area contributed by atoms with E-state index in [1.165, 1.54) is 69.7 Å². The molecule has 2 fully saturated rings. The van der Waals surface area contributed by atoms with E-state index in [1.807, 2.05) is 24.4 Å². The highest BCUT2D eigenvalue weighted by Gasteiger charge is 2.28. The van der Waals surface area contributed by atoms with E-state index in [-0.39, 0.29) is 5.82 Å². The largest absolute Gasteiger partial charge is 0.497 e. The minimum Gasteiger partial charge on any atom is -0.497 e. The third-order valence-electron chi connectivity index (χ3n) is 6.94. The highest BCUT2D eigenvalue weighted by atomic mass is 19.1. The molecule has 1 saturated carbocycles. The maximum absolute atomic E-state index is 14.7. The Morgan fingerprint density at radius 1 is 1.10 bits per heavy atom. The first-order valence-electron chi connectivity index (χ1n) is 11.9. The highest BCUT2D eigenvalue weighted by molar-refractivity contribution is 5.29. The maximum Gasteiger partial charge on any atom is 0.131 e. The van der Waals surface area contributed by atoms with Gasteiger partial charge in [-0.3, -0.25) is 9.88 Å². The molecule has 0 N–H and O–H groups in total. The van der Waals surface area contributed by atoms with Gasteiger partial charge in [0.05, 0.1) is 7.11 Å². The molecule has 31 heavy (non-hydrogen) atoms. The first kappa shape index (κ1) is 22.2. The summed E-state index contributed by atoms with van der Waals surface area (Å²) in [5.74, 6) is 1.01. The van der Waals surface area contributed by atoms with Crippen LogP contribution in [0.3, 0.4) is 0 Å². The van der Waals surface area contributed by atoms with E-state index >= 15 is 0 Å². The molecule has 2 heterocycles. The van der Waals surface area contributed by atoms with Gasteiger partial charge in [0.25, 0.3) is 0 Å². The smallest absolute Gasteiger partial charge is 0.131 e. The van der Waals surface area contributed by atoms with Crippen LogP contribution in [-0.2, 0) is 13.1 Å². The van der Waals surface area contributed by atoms with Crippen molar-refractivity contribution in [1.29, 1.82) is 0 Å². The predicted molar refractivity (Wildman–Crippen MR) is 122 cm³/mol. The van der Waals surface area contributed by atoms with E-state index in [2.05, 4.69) is 20.9 Å². The van der Waals surface area contributed by atoms with Crippen molar-refractivity contribution in [2.75, 3.05) is 26.7 Å². The molecular formula is C26H36FN3O.